The van der Waals surface area contributed by atoms with Crippen LogP contribution in [0.25, 0.3) is 0 Å². The van der Waals surface area contributed by atoms with Gasteiger partial charge in [-0.3, -0.25) is 9.78 Å². The van der Waals surface area contributed by atoms with Crippen molar-refractivity contribution in [2.45, 2.75) is 18.9 Å². The Morgan fingerprint density at radius 3 is 2.64 bits per heavy atom. The van der Waals surface area contributed by atoms with Gasteiger partial charge in [0.05, 0.1) is 19.3 Å². The van der Waals surface area contributed by atoms with Gasteiger partial charge < -0.3 is 19.9 Å². The Labute approximate surface area is 164 Å². The molecule has 28 heavy (non-hydrogen) atoms. The predicted molar refractivity (Wildman–Crippen MR) is 105 cm³/mol. The molecule has 2 saturated heterocycles. The molecule has 4 rings (SSSR count). The van der Waals surface area contributed by atoms with Crippen molar-refractivity contribution < 1.29 is 14.3 Å². The zero-order chi connectivity index (χ0) is 19.3. The molecular formula is C21H24N4O3. The summed E-state index contributed by atoms with van der Waals surface area (Å²) >= 11 is 0. The van der Waals surface area contributed by atoms with Crippen molar-refractivity contribution in [3.05, 3.63) is 59.9 Å². The summed E-state index contributed by atoms with van der Waals surface area (Å²) in [6, 6.07) is 11.0. The molecule has 7 nitrogen and oxygen atoms in total. The lowest BCUT2D eigenvalue weighted by atomic mass is 10.1. The van der Waals surface area contributed by atoms with Gasteiger partial charge in [0, 0.05) is 43.3 Å². The fourth-order valence-electron chi connectivity index (χ4n) is 3.82. The summed E-state index contributed by atoms with van der Waals surface area (Å²) in [6.07, 6.45) is 5.41. The number of anilines is 1. The zero-order valence-corrected chi connectivity index (χ0v) is 15.7. The molecule has 2 aliphatic rings. The number of nitrogens with zero attached hydrogens (tertiary/aromatic N) is 3. The van der Waals surface area contributed by atoms with Gasteiger partial charge in [0.1, 0.15) is 0 Å². The molecule has 146 valence electrons. The molecule has 1 N–H and O–H groups in total. The molecule has 2 fully saturated rings. The second kappa shape index (κ2) is 8.39. The number of ether oxygens (including phenoxy) is 1. The number of hydrogen-bond donors (Lipinski definition) is 1. The Morgan fingerprint density at radius 1 is 1.07 bits per heavy atom. The van der Waals surface area contributed by atoms with Gasteiger partial charge in [-0.05, 0) is 48.7 Å². The smallest absolute Gasteiger partial charge is 0.322 e. The number of carbonyl (C=O) groups is 2. The van der Waals surface area contributed by atoms with Gasteiger partial charge in [-0.1, -0.05) is 6.07 Å². The number of rotatable bonds is 3. The third-order valence-corrected chi connectivity index (χ3v) is 5.26. The van der Waals surface area contributed by atoms with Gasteiger partial charge in [-0.15, -0.1) is 0 Å². The molecule has 2 aliphatic heterocycles. The summed E-state index contributed by atoms with van der Waals surface area (Å²) in [5, 5.41) is 2.96. The van der Waals surface area contributed by atoms with E-state index in [2.05, 4.69) is 10.3 Å². The van der Waals surface area contributed by atoms with Crippen LogP contribution in [0.1, 0.15) is 34.8 Å². The van der Waals surface area contributed by atoms with Gasteiger partial charge in [-0.25, -0.2) is 4.79 Å². The van der Waals surface area contributed by atoms with Crippen LogP contribution in [0.5, 0.6) is 0 Å². The molecule has 0 saturated carbocycles. The SMILES string of the molecule is O=C(c1cccc(NC(=O)N2CCCC2c2ccncc2)c1)N1CCOCC1. The fourth-order valence-corrected chi connectivity index (χ4v) is 3.82. The number of pyridine rings is 1. The lowest BCUT2D eigenvalue weighted by Gasteiger charge is -2.27. The number of amides is 3. The molecule has 1 aromatic carbocycles. The number of urea groups is 1. The maximum atomic E-state index is 12.9. The second-order valence-electron chi connectivity index (χ2n) is 7.05. The van der Waals surface area contributed by atoms with Crippen LogP contribution in [-0.2, 0) is 4.74 Å². The molecule has 1 atom stereocenters. The van der Waals surface area contributed by atoms with E-state index in [1.54, 1.807) is 35.5 Å². The average Bonchev–Trinajstić information content (AvgIpc) is 3.25. The largest absolute Gasteiger partial charge is 0.378 e. The molecule has 0 aliphatic carbocycles. The summed E-state index contributed by atoms with van der Waals surface area (Å²) in [7, 11) is 0. The Morgan fingerprint density at radius 2 is 1.86 bits per heavy atom. The topological polar surface area (TPSA) is 74.8 Å². The van der Waals surface area contributed by atoms with Crippen molar-refractivity contribution in [1.29, 1.82) is 0 Å². The van der Waals surface area contributed by atoms with Crippen LogP contribution < -0.4 is 5.32 Å². The van der Waals surface area contributed by atoms with Crippen LogP contribution in [0.15, 0.2) is 48.8 Å². The highest BCUT2D eigenvalue weighted by atomic mass is 16.5. The lowest BCUT2D eigenvalue weighted by molar-refractivity contribution is 0.0303. The quantitative estimate of drug-likeness (QED) is 0.888. The second-order valence-corrected chi connectivity index (χ2v) is 7.05. The minimum atomic E-state index is -0.143. The van der Waals surface area contributed by atoms with E-state index in [9.17, 15) is 9.59 Å². The molecular weight excluding hydrogens is 356 g/mol. The standard InChI is InChI=1S/C21H24N4O3/c26-20(24-11-13-28-14-12-24)17-3-1-4-18(15-17)23-21(27)25-10-2-5-19(25)16-6-8-22-9-7-16/h1,3-4,6-9,15,19H,2,5,10-14H2,(H,23,27). The van der Waals surface area contributed by atoms with E-state index in [1.165, 1.54) is 0 Å². The molecule has 3 heterocycles. The molecule has 7 heteroatoms. The Bertz CT molecular complexity index is 837. The van der Waals surface area contributed by atoms with Crippen molar-refractivity contribution in [2.75, 3.05) is 38.2 Å². The molecule has 1 aromatic heterocycles. The average molecular weight is 380 g/mol. The maximum absolute atomic E-state index is 12.9. The maximum Gasteiger partial charge on any atom is 0.322 e. The number of likely N-dealkylation sites (tertiary alicyclic amines) is 1. The Balaban J connectivity index is 1.45. The van der Waals surface area contributed by atoms with E-state index in [0.717, 1.165) is 18.4 Å². The fraction of sp³-hybridized carbons (Fsp3) is 0.381. The van der Waals surface area contributed by atoms with Crippen molar-refractivity contribution >= 4 is 17.6 Å². The van der Waals surface area contributed by atoms with E-state index >= 15 is 0 Å². The zero-order valence-electron chi connectivity index (χ0n) is 15.7. The van der Waals surface area contributed by atoms with Crippen molar-refractivity contribution in [3.63, 3.8) is 0 Å². The van der Waals surface area contributed by atoms with E-state index in [1.807, 2.05) is 23.1 Å². The molecule has 1 unspecified atom stereocenters. The summed E-state index contributed by atoms with van der Waals surface area (Å²) in [4.78, 5) is 33.2. The summed E-state index contributed by atoms with van der Waals surface area (Å²) < 4.78 is 5.31. The first-order valence-electron chi connectivity index (χ1n) is 9.67. The summed E-state index contributed by atoms with van der Waals surface area (Å²) in [6.45, 7) is 3.03. The Hall–Kier alpha value is -2.93. The predicted octanol–water partition coefficient (Wildman–Crippen LogP) is 2.92. The van der Waals surface area contributed by atoms with E-state index in [-0.39, 0.29) is 18.0 Å². The van der Waals surface area contributed by atoms with Crippen LogP contribution in [-0.4, -0.2) is 59.6 Å². The van der Waals surface area contributed by atoms with Crippen LogP contribution in [0.2, 0.25) is 0 Å². The highest BCUT2D eigenvalue weighted by Gasteiger charge is 2.30. The van der Waals surface area contributed by atoms with E-state index in [4.69, 9.17) is 4.74 Å². The van der Waals surface area contributed by atoms with Gasteiger partial charge in [0.2, 0.25) is 0 Å². The summed E-state index contributed by atoms with van der Waals surface area (Å²) in [5.74, 6) is -0.0322. The number of hydrogen-bond acceptors (Lipinski definition) is 4. The third kappa shape index (κ3) is 3.99. The van der Waals surface area contributed by atoms with E-state index in [0.29, 0.717) is 44.1 Å². The minimum absolute atomic E-state index is 0.0322. The van der Waals surface area contributed by atoms with Gasteiger partial charge in [0.25, 0.3) is 5.91 Å². The lowest BCUT2D eigenvalue weighted by Crippen LogP contribution is -2.40. The number of aromatic nitrogens is 1. The number of nitrogens with one attached hydrogen (secondary N) is 1. The van der Waals surface area contributed by atoms with Crippen LogP contribution in [0.3, 0.4) is 0 Å². The number of benzene rings is 1. The molecule has 2 aromatic rings. The van der Waals surface area contributed by atoms with Crippen LogP contribution >= 0.6 is 0 Å². The first-order chi connectivity index (χ1) is 13.7. The third-order valence-electron chi connectivity index (χ3n) is 5.26. The first kappa shape index (κ1) is 18.4. The minimum Gasteiger partial charge on any atom is -0.378 e. The van der Waals surface area contributed by atoms with Gasteiger partial charge in [0.15, 0.2) is 0 Å². The highest BCUT2D eigenvalue weighted by molar-refractivity contribution is 5.97. The van der Waals surface area contributed by atoms with Gasteiger partial charge >= 0.3 is 6.03 Å². The first-order valence-corrected chi connectivity index (χ1v) is 9.67. The van der Waals surface area contributed by atoms with Gasteiger partial charge in [-0.2, -0.15) is 0 Å². The number of morpholine rings is 1. The van der Waals surface area contributed by atoms with Crippen molar-refractivity contribution in [2.24, 2.45) is 0 Å². The van der Waals surface area contributed by atoms with Crippen molar-refractivity contribution in [1.82, 2.24) is 14.8 Å². The Kier molecular flexibility index (Phi) is 5.53. The number of carbonyl (C=O) groups excluding carboxylic acids is 2. The molecule has 0 bridgehead atoms. The molecule has 0 radical (unpaired) electrons. The summed E-state index contributed by atoms with van der Waals surface area (Å²) in [5.41, 5.74) is 2.30. The normalized spacial score (nSPS) is 19.5. The monoisotopic (exact) mass is 380 g/mol. The highest BCUT2D eigenvalue weighted by Crippen LogP contribution is 2.32. The van der Waals surface area contributed by atoms with Crippen LogP contribution in [0, 0.1) is 0 Å². The molecule has 0 spiro atoms. The van der Waals surface area contributed by atoms with Crippen LogP contribution in [0.4, 0.5) is 10.5 Å². The van der Waals surface area contributed by atoms with E-state index < -0.39 is 0 Å². The van der Waals surface area contributed by atoms with Crippen molar-refractivity contribution in [3.8, 4) is 0 Å². The molecule has 3 amide bonds.